The van der Waals surface area contributed by atoms with Crippen LogP contribution < -0.4 is 5.32 Å². The summed E-state index contributed by atoms with van der Waals surface area (Å²) in [4.78, 5) is 14.7. The average Bonchev–Trinajstić information content (AvgIpc) is 2.74. The van der Waals surface area contributed by atoms with Crippen molar-refractivity contribution in [2.24, 2.45) is 5.92 Å². The van der Waals surface area contributed by atoms with Gasteiger partial charge in [-0.3, -0.25) is 9.69 Å². The number of amides is 1. The lowest BCUT2D eigenvalue weighted by atomic mass is 9.93. The van der Waals surface area contributed by atoms with E-state index in [4.69, 9.17) is 0 Å². The molecule has 0 aromatic rings. The molecule has 1 rings (SSSR count). The van der Waals surface area contributed by atoms with Crippen LogP contribution in [0.15, 0.2) is 12.2 Å². The zero-order valence-electron chi connectivity index (χ0n) is 21.5. The molecule has 1 heterocycles. The molecule has 1 aliphatic heterocycles. The summed E-state index contributed by atoms with van der Waals surface area (Å²) in [5.41, 5.74) is 0.276. The number of carbonyl (C=O) groups excluding carboxylic acids is 1. The van der Waals surface area contributed by atoms with Crippen LogP contribution in [0, 0.1) is 5.92 Å². The Bertz CT molecular complexity index is 458. The first kappa shape index (κ1) is 28.2. The molecule has 182 valence electrons. The Hall–Kier alpha value is -0.830. The molecule has 0 spiro atoms. The van der Waals surface area contributed by atoms with Crippen molar-refractivity contribution in [1.29, 1.82) is 0 Å². The minimum absolute atomic E-state index is 0.260. The molecule has 1 aliphatic rings. The number of hydrogen-bond donors (Lipinski definition) is 1. The van der Waals surface area contributed by atoms with Crippen molar-refractivity contribution in [3.63, 3.8) is 0 Å². The van der Waals surface area contributed by atoms with Gasteiger partial charge in [-0.15, -0.1) is 0 Å². The van der Waals surface area contributed by atoms with Crippen molar-refractivity contribution >= 4 is 5.91 Å². The Labute approximate surface area is 194 Å². The molecule has 3 nitrogen and oxygen atoms in total. The Morgan fingerprint density at radius 2 is 1.35 bits per heavy atom. The van der Waals surface area contributed by atoms with Crippen LogP contribution in [0.3, 0.4) is 0 Å². The lowest BCUT2D eigenvalue weighted by molar-refractivity contribution is -0.121. The van der Waals surface area contributed by atoms with Crippen LogP contribution in [0.5, 0.6) is 0 Å². The van der Waals surface area contributed by atoms with Gasteiger partial charge in [0.25, 0.3) is 0 Å². The predicted octanol–water partition coefficient (Wildman–Crippen LogP) is 7.65. The third kappa shape index (κ3) is 15.6. The number of nitrogens with zero attached hydrogens (tertiary/aromatic N) is 1. The van der Waals surface area contributed by atoms with Gasteiger partial charge >= 0.3 is 0 Å². The second kappa shape index (κ2) is 17.7. The second-order valence-corrected chi connectivity index (χ2v) is 10.7. The summed E-state index contributed by atoms with van der Waals surface area (Å²) in [6.45, 7) is 12.4. The summed E-state index contributed by atoms with van der Waals surface area (Å²) < 4.78 is 0. The fourth-order valence-corrected chi connectivity index (χ4v) is 4.51. The molecule has 1 fully saturated rings. The van der Waals surface area contributed by atoms with Gasteiger partial charge in [-0.1, -0.05) is 70.4 Å². The van der Waals surface area contributed by atoms with Crippen LogP contribution >= 0.6 is 0 Å². The van der Waals surface area contributed by atoms with E-state index in [1.54, 1.807) is 0 Å². The fourth-order valence-electron chi connectivity index (χ4n) is 4.51. The van der Waals surface area contributed by atoms with Gasteiger partial charge < -0.3 is 5.32 Å². The number of hydrogen-bond acceptors (Lipinski definition) is 2. The highest BCUT2D eigenvalue weighted by atomic mass is 16.1. The normalized spacial score (nSPS) is 16.3. The van der Waals surface area contributed by atoms with Crippen LogP contribution in [0.1, 0.15) is 130 Å². The topological polar surface area (TPSA) is 32.3 Å². The first-order valence-electron chi connectivity index (χ1n) is 13.6. The monoisotopic (exact) mass is 434 g/mol. The Morgan fingerprint density at radius 1 is 0.839 bits per heavy atom. The third-order valence-corrected chi connectivity index (χ3v) is 6.82. The summed E-state index contributed by atoms with van der Waals surface area (Å²) >= 11 is 0. The maximum absolute atomic E-state index is 12.1. The second-order valence-electron chi connectivity index (χ2n) is 10.7. The number of allylic oxidation sites excluding steroid dienone is 2. The Morgan fingerprint density at radius 3 is 1.90 bits per heavy atom. The molecule has 0 bridgehead atoms. The summed E-state index contributed by atoms with van der Waals surface area (Å²) in [6.07, 6.45) is 24.8. The molecule has 0 aromatic carbocycles. The molecule has 3 heteroatoms. The number of carbonyl (C=O) groups is 1. The zero-order chi connectivity index (χ0) is 22.8. The van der Waals surface area contributed by atoms with E-state index < -0.39 is 0 Å². The molecule has 31 heavy (non-hydrogen) atoms. The smallest absolute Gasteiger partial charge is 0.220 e. The van der Waals surface area contributed by atoms with Crippen molar-refractivity contribution < 1.29 is 4.79 Å². The molecule has 0 atom stereocenters. The first-order chi connectivity index (χ1) is 14.9. The quantitative estimate of drug-likeness (QED) is 0.188. The van der Waals surface area contributed by atoms with Gasteiger partial charge in [0.1, 0.15) is 0 Å². The average molecular weight is 435 g/mol. The van der Waals surface area contributed by atoms with Gasteiger partial charge in [0.05, 0.1) is 0 Å². The number of piperidine rings is 1. The van der Waals surface area contributed by atoms with Crippen molar-refractivity contribution in [3.05, 3.63) is 12.2 Å². The minimum atomic E-state index is 0.260. The highest BCUT2D eigenvalue weighted by Crippen LogP contribution is 2.23. The van der Waals surface area contributed by atoms with E-state index in [-0.39, 0.29) is 11.4 Å². The molecule has 1 N–H and O–H groups in total. The molecule has 1 amide bonds. The molecule has 0 aliphatic carbocycles. The van der Waals surface area contributed by atoms with Crippen molar-refractivity contribution in [2.45, 2.75) is 136 Å². The first-order valence-corrected chi connectivity index (χ1v) is 13.6. The van der Waals surface area contributed by atoms with Crippen LogP contribution in [-0.2, 0) is 4.79 Å². The number of nitrogens with one attached hydrogen (secondary N) is 1. The van der Waals surface area contributed by atoms with Crippen molar-refractivity contribution in [1.82, 2.24) is 10.2 Å². The van der Waals surface area contributed by atoms with E-state index in [0.29, 0.717) is 12.3 Å². The van der Waals surface area contributed by atoms with E-state index in [9.17, 15) is 4.79 Å². The van der Waals surface area contributed by atoms with Crippen LogP contribution in [0.2, 0.25) is 0 Å². The Balaban J connectivity index is 1.86. The highest BCUT2D eigenvalue weighted by molar-refractivity contribution is 5.75. The third-order valence-electron chi connectivity index (χ3n) is 6.82. The maximum atomic E-state index is 12.1. The largest absolute Gasteiger partial charge is 0.356 e. The molecular formula is C28H54N2O. The van der Waals surface area contributed by atoms with Gasteiger partial charge in [-0.25, -0.2) is 0 Å². The predicted molar refractivity (Wildman–Crippen MR) is 137 cm³/mol. The molecular weight excluding hydrogens is 380 g/mol. The standard InChI is InChI=1S/C28H54N2O/c1-5-6-7-8-9-10-11-12-13-14-15-16-17-18-19-20-27(31)29-25-26-21-23-30(24-22-26)28(2,3)4/h12-13,26H,5-11,14-25H2,1-4H3,(H,29,31)/b13-12-. The van der Waals surface area contributed by atoms with E-state index in [2.05, 4.69) is 50.1 Å². The van der Waals surface area contributed by atoms with Gasteiger partial charge in [-0.2, -0.15) is 0 Å². The van der Waals surface area contributed by atoms with Gasteiger partial charge in [-0.05, 0) is 84.7 Å². The Kier molecular flexibility index (Phi) is 16.1. The van der Waals surface area contributed by atoms with E-state index in [1.165, 1.54) is 89.9 Å². The lowest BCUT2D eigenvalue weighted by Gasteiger charge is -2.40. The number of likely N-dealkylation sites (tertiary alicyclic amines) is 1. The number of unbranched alkanes of at least 4 members (excludes halogenated alkanes) is 11. The van der Waals surface area contributed by atoms with E-state index in [1.807, 2.05) is 0 Å². The van der Waals surface area contributed by atoms with Gasteiger partial charge in [0.15, 0.2) is 0 Å². The molecule has 0 saturated carbocycles. The maximum Gasteiger partial charge on any atom is 0.220 e. The molecule has 0 aromatic heterocycles. The van der Waals surface area contributed by atoms with Crippen LogP contribution in [0.4, 0.5) is 0 Å². The van der Waals surface area contributed by atoms with Gasteiger partial charge in [0, 0.05) is 18.5 Å². The van der Waals surface area contributed by atoms with Gasteiger partial charge in [0.2, 0.25) is 5.91 Å². The van der Waals surface area contributed by atoms with Crippen LogP contribution in [0.25, 0.3) is 0 Å². The van der Waals surface area contributed by atoms with E-state index in [0.717, 1.165) is 26.1 Å². The summed E-state index contributed by atoms with van der Waals surface area (Å²) in [7, 11) is 0. The fraction of sp³-hybridized carbons (Fsp3) is 0.893. The summed E-state index contributed by atoms with van der Waals surface area (Å²) in [5, 5.41) is 3.19. The van der Waals surface area contributed by atoms with Crippen molar-refractivity contribution in [3.8, 4) is 0 Å². The van der Waals surface area contributed by atoms with E-state index >= 15 is 0 Å². The summed E-state index contributed by atoms with van der Waals surface area (Å²) in [6, 6.07) is 0. The van der Waals surface area contributed by atoms with Crippen LogP contribution in [-0.4, -0.2) is 36.0 Å². The van der Waals surface area contributed by atoms with Crippen molar-refractivity contribution in [2.75, 3.05) is 19.6 Å². The highest BCUT2D eigenvalue weighted by Gasteiger charge is 2.26. The lowest BCUT2D eigenvalue weighted by Crippen LogP contribution is -2.47. The molecule has 0 radical (unpaired) electrons. The zero-order valence-corrected chi connectivity index (χ0v) is 21.5. The number of rotatable bonds is 17. The molecule has 0 unspecified atom stereocenters. The molecule has 1 saturated heterocycles. The minimum Gasteiger partial charge on any atom is -0.356 e. The summed E-state index contributed by atoms with van der Waals surface area (Å²) in [5.74, 6) is 0.924. The SMILES string of the molecule is CCCCCCCC/C=C\CCCCCCCC(=O)NCC1CCN(C(C)(C)C)CC1.